The van der Waals surface area contributed by atoms with E-state index in [9.17, 15) is 0 Å². The Morgan fingerprint density at radius 3 is 2.55 bits per heavy atom. The van der Waals surface area contributed by atoms with Crippen molar-refractivity contribution in [2.45, 2.75) is 0 Å². The zero-order valence-corrected chi connectivity index (χ0v) is 11.9. The largest absolute Gasteiger partial charge is 0.265 e. The Labute approximate surface area is 123 Å². The van der Waals surface area contributed by atoms with Gasteiger partial charge in [0.15, 0.2) is 0 Å². The van der Waals surface area contributed by atoms with Crippen LogP contribution in [0, 0.1) is 0 Å². The Morgan fingerprint density at radius 2 is 1.85 bits per heavy atom. The van der Waals surface area contributed by atoms with Gasteiger partial charge in [0, 0.05) is 9.75 Å². The predicted molar refractivity (Wildman–Crippen MR) is 82.9 cm³/mol. The summed E-state index contributed by atoms with van der Waals surface area (Å²) in [5.74, 6) is 0.464. The lowest BCUT2D eigenvalue weighted by Crippen LogP contribution is -1.98. The highest BCUT2D eigenvalue weighted by Gasteiger charge is 2.00. The Balaban J connectivity index is 1.67. The van der Waals surface area contributed by atoms with Crippen molar-refractivity contribution in [3.63, 3.8) is 0 Å². The smallest absolute Gasteiger partial charge is 0.244 e. The van der Waals surface area contributed by atoms with Gasteiger partial charge in [0.05, 0.1) is 12.4 Å². The van der Waals surface area contributed by atoms with Crippen LogP contribution in [0.25, 0.3) is 0 Å². The molecule has 0 aromatic carbocycles. The van der Waals surface area contributed by atoms with Gasteiger partial charge in [-0.05, 0) is 22.9 Å². The molecule has 1 N–H and O–H groups in total. The van der Waals surface area contributed by atoms with E-state index >= 15 is 0 Å². The predicted octanol–water partition coefficient (Wildman–Crippen LogP) is 2.73. The van der Waals surface area contributed by atoms with E-state index in [1.165, 1.54) is 11.0 Å². The zero-order valence-electron chi connectivity index (χ0n) is 10.2. The Morgan fingerprint density at radius 1 is 1.10 bits per heavy atom. The molecule has 20 heavy (non-hydrogen) atoms. The molecule has 6 nitrogen and oxygen atoms in total. The maximum Gasteiger partial charge on any atom is 0.265 e. The van der Waals surface area contributed by atoms with Gasteiger partial charge in [0.2, 0.25) is 0 Å². The van der Waals surface area contributed by atoms with Gasteiger partial charge in [0.25, 0.3) is 5.95 Å². The molecule has 0 spiro atoms. The first-order chi connectivity index (χ1) is 9.92. The third-order valence-electron chi connectivity index (χ3n) is 2.28. The maximum absolute atomic E-state index is 4.27. The monoisotopic (exact) mass is 302 g/mol. The Kier molecular flexibility index (Phi) is 3.95. The molecule has 3 heterocycles. The molecule has 0 saturated heterocycles. The van der Waals surface area contributed by atoms with Gasteiger partial charge in [-0.2, -0.15) is 14.9 Å². The number of nitrogens with one attached hydrogen (secondary N) is 1. The highest BCUT2D eigenvalue weighted by atomic mass is 32.1. The van der Waals surface area contributed by atoms with Crippen LogP contribution < -0.4 is 5.43 Å². The summed E-state index contributed by atoms with van der Waals surface area (Å²) in [6.45, 7) is 0. The zero-order chi connectivity index (χ0) is 13.6. The van der Waals surface area contributed by atoms with Crippen molar-refractivity contribution in [2.24, 2.45) is 10.2 Å². The number of aromatic nitrogens is 3. The normalized spacial score (nSPS) is 11.6. The summed E-state index contributed by atoms with van der Waals surface area (Å²) in [5.41, 5.74) is 2.82. The van der Waals surface area contributed by atoms with Gasteiger partial charge in [-0.15, -0.1) is 32.9 Å². The first-order valence-corrected chi connectivity index (χ1v) is 7.48. The summed E-state index contributed by atoms with van der Waals surface area (Å²) >= 11 is 3.23. The lowest BCUT2D eigenvalue weighted by Gasteiger charge is -1.97. The summed E-state index contributed by atoms with van der Waals surface area (Å²) in [6.07, 6.45) is 5.00. The highest BCUT2D eigenvalue weighted by Crippen LogP contribution is 2.07. The van der Waals surface area contributed by atoms with E-state index in [0.717, 1.165) is 9.75 Å². The van der Waals surface area contributed by atoms with Gasteiger partial charge in [-0.3, -0.25) is 0 Å². The first kappa shape index (κ1) is 12.7. The number of hydrogen-bond donors (Lipinski definition) is 1. The second-order valence-corrected chi connectivity index (χ2v) is 5.60. The number of rotatable bonds is 5. The molecule has 0 radical (unpaired) electrons. The topological polar surface area (TPSA) is 67.5 Å². The quantitative estimate of drug-likeness (QED) is 0.582. The molecule has 3 aromatic rings. The molecule has 0 aliphatic rings. The minimum atomic E-state index is 0.464. The molecule has 0 fully saturated rings. The number of hydrogen-bond acceptors (Lipinski definition) is 7. The third-order valence-corrected chi connectivity index (χ3v) is 3.90. The van der Waals surface area contributed by atoms with Crippen molar-refractivity contribution < 1.29 is 0 Å². The molecule has 3 aromatic heterocycles. The Hall–Kier alpha value is -2.32. The van der Waals surface area contributed by atoms with Crippen LogP contribution in [0.1, 0.15) is 9.75 Å². The van der Waals surface area contributed by atoms with Crippen LogP contribution in [0.4, 0.5) is 5.95 Å². The van der Waals surface area contributed by atoms with Crippen molar-refractivity contribution >= 4 is 41.1 Å². The van der Waals surface area contributed by atoms with Crippen molar-refractivity contribution in [1.29, 1.82) is 0 Å². The van der Waals surface area contributed by atoms with Gasteiger partial charge >= 0.3 is 0 Å². The fourth-order valence-corrected chi connectivity index (χ4v) is 2.55. The van der Waals surface area contributed by atoms with Crippen LogP contribution in [-0.4, -0.2) is 27.3 Å². The number of anilines is 1. The van der Waals surface area contributed by atoms with E-state index in [-0.39, 0.29) is 0 Å². The van der Waals surface area contributed by atoms with E-state index in [1.54, 1.807) is 35.1 Å². The van der Waals surface area contributed by atoms with Gasteiger partial charge in [-0.1, -0.05) is 12.1 Å². The summed E-state index contributed by atoms with van der Waals surface area (Å²) in [6, 6.07) is 7.92. The second kappa shape index (κ2) is 6.22. The second-order valence-electron chi connectivity index (χ2n) is 3.64. The summed E-state index contributed by atoms with van der Waals surface area (Å²) in [4.78, 5) is 2.12. The molecular formula is C12H10N6S2. The fraction of sp³-hybridized carbons (Fsp3) is 0. The highest BCUT2D eigenvalue weighted by molar-refractivity contribution is 7.12. The number of hydrazone groups is 1. The van der Waals surface area contributed by atoms with Crippen LogP contribution >= 0.6 is 22.7 Å². The van der Waals surface area contributed by atoms with Crippen LogP contribution in [0.2, 0.25) is 0 Å². The Bertz CT molecular complexity index is 696. The van der Waals surface area contributed by atoms with Crippen molar-refractivity contribution in [3.8, 4) is 0 Å². The molecule has 0 amide bonds. The summed E-state index contributed by atoms with van der Waals surface area (Å²) in [7, 11) is 0. The van der Waals surface area contributed by atoms with Crippen LogP contribution in [-0.2, 0) is 0 Å². The maximum atomic E-state index is 4.27. The van der Waals surface area contributed by atoms with E-state index in [1.807, 2.05) is 35.0 Å². The average molecular weight is 302 g/mol. The SMILES string of the molecule is C(=N/Nc1nncn1/N=C\c1cccs1)/c1cccs1. The fourth-order valence-electron chi connectivity index (χ4n) is 1.39. The van der Waals surface area contributed by atoms with Gasteiger partial charge in [-0.25, -0.2) is 5.43 Å². The van der Waals surface area contributed by atoms with Crippen LogP contribution in [0.5, 0.6) is 0 Å². The van der Waals surface area contributed by atoms with E-state index in [0.29, 0.717) is 5.95 Å². The van der Waals surface area contributed by atoms with Crippen molar-refractivity contribution in [1.82, 2.24) is 14.9 Å². The molecule has 0 saturated carbocycles. The van der Waals surface area contributed by atoms with Gasteiger partial charge in [0.1, 0.15) is 6.33 Å². The molecule has 0 aliphatic carbocycles. The molecule has 0 atom stereocenters. The first-order valence-electron chi connectivity index (χ1n) is 5.72. The van der Waals surface area contributed by atoms with Crippen LogP contribution in [0.3, 0.4) is 0 Å². The van der Waals surface area contributed by atoms with E-state index < -0.39 is 0 Å². The number of thiophene rings is 2. The molecular weight excluding hydrogens is 292 g/mol. The minimum absolute atomic E-state index is 0.464. The lowest BCUT2D eigenvalue weighted by molar-refractivity contribution is 0.879. The molecule has 0 unspecified atom stereocenters. The number of nitrogens with zero attached hydrogens (tertiary/aromatic N) is 5. The summed E-state index contributed by atoms with van der Waals surface area (Å²) < 4.78 is 1.53. The standard InChI is InChI=1S/C12H10N6S2/c1-3-10(19-5-1)7-13-16-12-17-14-9-18(12)15-8-11-4-2-6-20-11/h1-9H,(H,16,17)/b13-7-,15-8-. The molecule has 100 valence electrons. The van der Waals surface area contributed by atoms with Gasteiger partial charge < -0.3 is 0 Å². The van der Waals surface area contributed by atoms with Crippen molar-refractivity contribution in [2.75, 3.05) is 5.43 Å². The lowest BCUT2D eigenvalue weighted by atomic mass is 10.5. The van der Waals surface area contributed by atoms with Crippen molar-refractivity contribution in [3.05, 3.63) is 51.1 Å². The average Bonchev–Trinajstić information content (AvgIpc) is 3.20. The van der Waals surface area contributed by atoms with Crippen LogP contribution in [0.15, 0.2) is 51.6 Å². The van der Waals surface area contributed by atoms with E-state index in [2.05, 4.69) is 25.8 Å². The third kappa shape index (κ3) is 3.16. The van der Waals surface area contributed by atoms with E-state index in [4.69, 9.17) is 0 Å². The summed E-state index contributed by atoms with van der Waals surface area (Å²) in [5, 5.41) is 20.1. The minimum Gasteiger partial charge on any atom is -0.244 e. The molecule has 3 rings (SSSR count). The molecule has 0 bridgehead atoms. The molecule has 0 aliphatic heterocycles. The molecule has 8 heteroatoms.